The fraction of sp³-hybridized carbons (Fsp3) is 0.500. The number of amides is 1. The molecule has 2 aromatic carbocycles. The van der Waals surface area contributed by atoms with Crippen molar-refractivity contribution in [2.45, 2.75) is 90.4 Å². The standard InChI is InChI=1S/C32H44N2O2S/c1-3-4-5-6-7-8-9-10-11-12-13-14-24-36-30-21-15-27(16-22-30)26-31(35)33-29-19-17-28(18-20-29)32-34(2)23-25-37-32/h15-23,25H,3-14,24,26H2,1-2H3/p+1. The molecule has 0 aliphatic carbocycles. The van der Waals surface area contributed by atoms with E-state index in [1.165, 1.54) is 75.6 Å². The van der Waals surface area contributed by atoms with E-state index in [1.807, 2.05) is 61.8 Å². The Bertz CT molecular complexity index is 1030. The average Bonchev–Trinajstić information content (AvgIpc) is 3.34. The van der Waals surface area contributed by atoms with Gasteiger partial charge >= 0.3 is 0 Å². The lowest BCUT2D eigenvalue weighted by molar-refractivity contribution is -0.655. The fourth-order valence-corrected chi connectivity index (χ4v) is 5.40. The highest BCUT2D eigenvalue weighted by Crippen LogP contribution is 2.22. The predicted octanol–water partition coefficient (Wildman–Crippen LogP) is 8.50. The summed E-state index contributed by atoms with van der Waals surface area (Å²) in [5, 5.41) is 6.26. The summed E-state index contributed by atoms with van der Waals surface area (Å²) >= 11 is 1.70. The van der Waals surface area contributed by atoms with Gasteiger partial charge in [0.1, 0.15) is 12.8 Å². The van der Waals surface area contributed by atoms with Crippen molar-refractivity contribution in [3.8, 4) is 16.3 Å². The Balaban J connectivity index is 1.24. The summed E-state index contributed by atoms with van der Waals surface area (Å²) in [6.07, 6.45) is 18.6. The van der Waals surface area contributed by atoms with Crippen LogP contribution in [0.25, 0.3) is 10.6 Å². The maximum atomic E-state index is 12.5. The second-order valence-corrected chi connectivity index (χ2v) is 10.9. The molecule has 1 heterocycles. The Morgan fingerprint density at radius 2 is 1.41 bits per heavy atom. The summed E-state index contributed by atoms with van der Waals surface area (Å²) in [4.78, 5) is 12.5. The van der Waals surface area contributed by atoms with Gasteiger partial charge in [-0.3, -0.25) is 4.79 Å². The lowest BCUT2D eigenvalue weighted by atomic mass is 10.1. The lowest BCUT2D eigenvalue weighted by Crippen LogP contribution is -2.26. The third kappa shape index (κ3) is 11.1. The number of hydrogen-bond donors (Lipinski definition) is 1. The van der Waals surface area contributed by atoms with Crippen molar-refractivity contribution in [2.75, 3.05) is 11.9 Å². The molecule has 1 amide bonds. The van der Waals surface area contributed by atoms with E-state index >= 15 is 0 Å². The van der Waals surface area contributed by atoms with Crippen molar-refractivity contribution in [3.05, 3.63) is 65.7 Å². The number of nitrogens with zero attached hydrogens (tertiary/aromatic N) is 1. The highest BCUT2D eigenvalue weighted by Gasteiger charge is 2.11. The summed E-state index contributed by atoms with van der Waals surface area (Å²) in [6, 6.07) is 15.9. The van der Waals surface area contributed by atoms with E-state index in [4.69, 9.17) is 4.74 Å². The molecule has 0 saturated carbocycles. The van der Waals surface area contributed by atoms with Crippen molar-refractivity contribution in [1.29, 1.82) is 0 Å². The summed E-state index contributed by atoms with van der Waals surface area (Å²) in [6.45, 7) is 3.04. The van der Waals surface area contributed by atoms with E-state index < -0.39 is 0 Å². The van der Waals surface area contributed by atoms with E-state index in [0.717, 1.165) is 35.6 Å². The first-order valence-electron chi connectivity index (χ1n) is 14.2. The number of thiazole rings is 1. The molecule has 0 aliphatic rings. The molecule has 4 nitrogen and oxygen atoms in total. The first kappa shape index (κ1) is 28.9. The van der Waals surface area contributed by atoms with Gasteiger partial charge in [-0.1, -0.05) is 101 Å². The van der Waals surface area contributed by atoms with Crippen molar-refractivity contribution in [3.63, 3.8) is 0 Å². The first-order chi connectivity index (χ1) is 18.2. The van der Waals surface area contributed by atoms with Crippen LogP contribution < -0.4 is 14.6 Å². The van der Waals surface area contributed by atoms with Crippen LogP contribution in [-0.2, 0) is 18.3 Å². The highest BCUT2D eigenvalue weighted by atomic mass is 32.1. The second kappa shape index (κ2) is 17.0. The minimum Gasteiger partial charge on any atom is -0.494 e. The van der Waals surface area contributed by atoms with Gasteiger partial charge in [0.15, 0.2) is 6.20 Å². The lowest BCUT2D eigenvalue weighted by Gasteiger charge is -2.08. The van der Waals surface area contributed by atoms with Crippen molar-refractivity contribution < 1.29 is 14.1 Å². The van der Waals surface area contributed by atoms with E-state index in [-0.39, 0.29) is 5.91 Å². The van der Waals surface area contributed by atoms with E-state index in [0.29, 0.717) is 6.42 Å². The number of nitrogens with one attached hydrogen (secondary N) is 1. The zero-order valence-corrected chi connectivity index (χ0v) is 23.7. The average molecular weight is 522 g/mol. The number of aryl methyl sites for hydroxylation is 1. The molecule has 0 unspecified atom stereocenters. The third-order valence-corrected chi connectivity index (χ3v) is 7.76. The van der Waals surface area contributed by atoms with Crippen LogP contribution >= 0.6 is 11.3 Å². The number of rotatable bonds is 18. The second-order valence-electron chi connectivity index (χ2n) is 10.0. The number of benzene rings is 2. The minimum absolute atomic E-state index is 0.0143. The van der Waals surface area contributed by atoms with Crippen LogP contribution in [0.3, 0.4) is 0 Å². The van der Waals surface area contributed by atoms with Crippen LogP contribution in [0.2, 0.25) is 0 Å². The topological polar surface area (TPSA) is 42.2 Å². The zero-order chi connectivity index (χ0) is 26.1. The van der Waals surface area contributed by atoms with Crippen molar-refractivity contribution in [2.24, 2.45) is 7.05 Å². The number of unbranched alkanes of at least 4 members (excludes halogenated alkanes) is 11. The van der Waals surface area contributed by atoms with Gasteiger partial charge < -0.3 is 10.1 Å². The van der Waals surface area contributed by atoms with E-state index in [1.54, 1.807) is 11.3 Å². The molecule has 0 atom stereocenters. The fourth-order valence-electron chi connectivity index (χ4n) is 4.53. The number of carbonyl (C=O) groups is 1. The largest absolute Gasteiger partial charge is 0.494 e. The highest BCUT2D eigenvalue weighted by molar-refractivity contribution is 7.12. The maximum absolute atomic E-state index is 12.5. The van der Waals surface area contributed by atoms with Crippen LogP contribution in [0.4, 0.5) is 5.69 Å². The first-order valence-corrected chi connectivity index (χ1v) is 15.1. The molecule has 0 radical (unpaired) electrons. The number of carbonyl (C=O) groups excluding carboxylic acids is 1. The monoisotopic (exact) mass is 521 g/mol. The SMILES string of the molecule is CCCCCCCCCCCCCCOc1ccc(CC(=O)Nc2ccc(-c3scc[n+]3C)cc2)cc1. The predicted molar refractivity (Wildman–Crippen MR) is 156 cm³/mol. The Kier molecular flexibility index (Phi) is 13.3. The van der Waals surface area contributed by atoms with Gasteiger partial charge in [0, 0.05) is 5.69 Å². The van der Waals surface area contributed by atoms with Gasteiger partial charge in [-0.15, -0.1) is 0 Å². The van der Waals surface area contributed by atoms with E-state index in [2.05, 4.69) is 22.2 Å². The zero-order valence-electron chi connectivity index (χ0n) is 22.8. The molecule has 5 heteroatoms. The van der Waals surface area contributed by atoms with Gasteiger partial charge in [-0.05, 0) is 48.4 Å². The Morgan fingerprint density at radius 1 is 0.811 bits per heavy atom. The number of aromatic nitrogens is 1. The van der Waals surface area contributed by atoms with E-state index in [9.17, 15) is 4.79 Å². The molecule has 0 bridgehead atoms. The molecule has 0 saturated heterocycles. The molecule has 0 fully saturated rings. The molecule has 37 heavy (non-hydrogen) atoms. The molecular weight excluding hydrogens is 476 g/mol. The van der Waals surface area contributed by atoms with Gasteiger partial charge in [0.2, 0.25) is 5.91 Å². The Morgan fingerprint density at radius 3 is 1.97 bits per heavy atom. The third-order valence-electron chi connectivity index (χ3n) is 6.75. The number of anilines is 1. The molecular formula is C32H45N2O2S+. The van der Waals surface area contributed by atoms with Crippen LogP contribution in [0.5, 0.6) is 5.75 Å². The van der Waals surface area contributed by atoms with Gasteiger partial charge in [-0.2, -0.15) is 4.57 Å². The summed E-state index contributed by atoms with van der Waals surface area (Å²) in [5.74, 6) is 0.865. The summed E-state index contributed by atoms with van der Waals surface area (Å²) in [7, 11) is 2.04. The molecule has 1 aromatic heterocycles. The molecule has 3 rings (SSSR count). The Hall–Kier alpha value is -2.66. The number of ether oxygens (including phenoxy) is 1. The Labute approximate surface area is 228 Å². The molecule has 1 N–H and O–H groups in total. The van der Waals surface area contributed by atoms with Crippen LogP contribution in [0.1, 0.15) is 89.5 Å². The number of hydrogen-bond acceptors (Lipinski definition) is 3. The van der Waals surface area contributed by atoms with Crippen LogP contribution in [0.15, 0.2) is 60.1 Å². The smallest absolute Gasteiger partial charge is 0.268 e. The van der Waals surface area contributed by atoms with Gasteiger partial charge in [0.05, 0.1) is 24.0 Å². The molecule has 0 spiro atoms. The maximum Gasteiger partial charge on any atom is 0.268 e. The van der Waals surface area contributed by atoms with Crippen molar-refractivity contribution >= 4 is 22.9 Å². The molecule has 200 valence electrons. The quantitative estimate of drug-likeness (QED) is 0.135. The van der Waals surface area contributed by atoms with Crippen LogP contribution in [0, 0.1) is 0 Å². The molecule has 3 aromatic rings. The summed E-state index contributed by atoms with van der Waals surface area (Å²) in [5.41, 5.74) is 2.95. The molecule has 0 aliphatic heterocycles. The minimum atomic E-state index is -0.0143. The van der Waals surface area contributed by atoms with Crippen molar-refractivity contribution in [1.82, 2.24) is 0 Å². The normalized spacial score (nSPS) is 11.0. The van der Waals surface area contributed by atoms with Gasteiger partial charge in [-0.25, -0.2) is 0 Å². The van der Waals surface area contributed by atoms with Gasteiger partial charge in [0.25, 0.3) is 5.01 Å². The van der Waals surface area contributed by atoms with Crippen LogP contribution in [-0.4, -0.2) is 12.5 Å². The summed E-state index contributed by atoms with van der Waals surface area (Å²) < 4.78 is 8.00.